The Balaban J connectivity index is 1.51. The van der Waals surface area contributed by atoms with Gasteiger partial charge in [-0.05, 0) is 58.5 Å². The number of benzene rings is 2. The molecule has 0 radical (unpaired) electrons. The molecule has 2 saturated heterocycles. The normalized spacial score (nSPS) is 21.3. The molecule has 2 aliphatic rings. The second kappa shape index (κ2) is 11.9. The lowest BCUT2D eigenvalue weighted by Gasteiger charge is -2.44. The molecule has 0 saturated carbocycles. The average Bonchev–Trinajstić information content (AvgIpc) is 3.38. The minimum Gasteiger partial charge on any atom is -0.462 e. The van der Waals surface area contributed by atoms with Crippen molar-refractivity contribution in [1.82, 2.24) is 30.0 Å². The highest BCUT2D eigenvalue weighted by Crippen LogP contribution is 2.43. The number of likely N-dealkylation sites (N-methyl/N-ethyl adjacent to an activating group) is 1. The first kappa shape index (κ1) is 30.2. The van der Waals surface area contributed by atoms with E-state index in [1.165, 1.54) is 6.08 Å². The van der Waals surface area contributed by atoms with Gasteiger partial charge in [0.1, 0.15) is 17.9 Å². The lowest BCUT2D eigenvalue weighted by atomic mass is 9.94. The maximum atomic E-state index is 17.0. The fourth-order valence-corrected chi connectivity index (χ4v) is 6.59. The van der Waals surface area contributed by atoms with Crippen LogP contribution >= 0.6 is 11.6 Å². The van der Waals surface area contributed by atoms with Crippen LogP contribution in [0.5, 0.6) is 6.01 Å². The number of hydrogen-bond acceptors (Lipinski definition) is 8. The lowest BCUT2D eigenvalue weighted by Crippen LogP contribution is -2.58. The van der Waals surface area contributed by atoms with Crippen LogP contribution in [-0.4, -0.2) is 101 Å². The molecular formula is C32H37ClFN7O3. The number of morpholine rings is 1. The molecule has 0 aliphatic carbocycles. The largest absolute Gasteiger partial charge is 0.462 e. The molecule has 3 atom stereocenters. The number of fused-ring (bicyclic) bond motifs is 2. The van der Waals surface area contributed by atoms with Crippen LogP contribution in [-0.2, 0) is 9.53 Å². The van der Waals surface area contributed by atoms with Gasteiger partial charge in [-0.25, -0.2) is 4.39 Å². The summed E-state index contributed by atoms with van der Waals surface area (Å²) in [4.78, 5) is 28.0. The second-order valence-corrected chi connectivity index (χ2v) is 12.2. The van der Waals surface area contributed by atoms with Crippen molar-refractivity contribution in [3.63, 3.8) is 0 Å². The topological polar surface area (TPSA) is 99.7 Å². The summed E-state index contributed by atoms with van der Waals surface area (Å²) >= 11 is 6.95. The highest BCUT2D eigenvalue weighted by molar-refractivity contribution is 6.35. The van der Waals surface area contributed by atoms with Crippen molar-refractivity contribution in [3.8, 4) is 17.1 Å². The number of carbonyl (C=O) groups excluding carboxylic acids is 1. The van der Waals surface area contributed by atoms with Crippen LogP contribution < -0.4 is 9.64 Å². The number of halogens is 2. The molecule has 2 fully saturated rings. The number of nitrogens with one attached hydrogen (secondary N) is 1. The van der Waals surface area contributed by atoms with Gasteiger partial charge < -0.3 is 19.3 Å². The lowest BCUT2D eigenvalue weighted by molar-refractivity contribution is -0.128. The van der Waals surface area contributed by atoms with E-state index < -0.39 is 5.82 Å². The number of nitrogens with zero attached hydrogens (tertiary/aromatic N) is 6. The van der Waals surface area contributed by atoms with E-state index in [1.807, 2.05) is 46.9 Å². The highest BCUT2D eigenvalue weighted by atomic mass is 35.5. The fourth-order valence-electron chi connectivity index (χ4n) is 6.30. The number of aromatic nitrogens is 4. The zero-order chi connectivity index (χ0) is 31.3. The molecule has 0 spiro atoms. The zero-order valence-corrected chi connectivity index (χ0v) is 26.4. The molecule has 0 unspecified atom stereocenters. The van der Waals surface area contributed by atoms with Gasteiger partial charge in [-0.1, -0.05) is 24.2 Å². The summed E-state index contributed by atoms with van der Waals surface area (Å²) in [7, 11) is 2.02. The number of ether oxygens (including phenoxy) is 2. The van der Waals surface area contributed by atoms with Crippen LogP contribution in [0.4, 0.5) is 10.2 Å². The van der Waals surface area contributed by atoms with Crippen LogP contribution in [0.2, 0.25) is 5.02 Å². The fraction of sp³-hybridized carbons (Fsp3) is 0.438. The zero-order valence-electron chi connectivity index (χ0n) is 25.7. The van der Waals surface area contributed by atoms with Crippen molar-refractivity contribution in [2.45, 2.75) is 45.8 Å². The predicted molar refractivity (Wildman–Crippen MR) is 170 cm³/mol. The Morgan fingerprint density at radius 3 is 2.77 bits per heavy atom. The second-order valence-electron chi connectivity index (χ2n) is 11.8. The minimum absolute atomic E-state index is 0.00819. The van der Waals surface area contributed by atoms with Crippen LogP contribution in [0.25, 0.3) is 32.9 Å². The number of aromatic amines is 1. The molecule has 6 rings (SSSR count). The Morgan fingerprint density at radius 2 is 2.02 bits per heavy atom. The average molecular weight is 622 g/mol. The van der Waals surface area contributed by atoms with Crippen LogP contribution in [0, 0.1) is 19.7 Å². The molecule has 0 bridgehead atoms. The Bertz CT molecular complexity index is 1760. The van der Waals surface area contributed by atoms with E-state index in [4.69, 9.17) is 26.1 Å². The van der Waals surface area contributed by atoms with Gasteiger partial charge in [0.25, 0.3) is 0 Å². The standard InChI is InChI=1S/C32H37ClFN7O3/c1-7-25(42)40-13-19(4)41(14-18(40)3)31-22-12-23(33)28(26-17(2)8-9-24-27(26)20(5)37-38-24)29(34)30(22)35-32(36-31)44-16-21-15-43-11-10-39(21)6/h7-9,12,18-19,21H,1,10-11,13-16H2,2-6H3,(H,37,38)/t18-,19+,21+/m1/s1. The molecule has 4 aromatic rings. The van der Waals surface area contributed by atoms with Gasteiger partial charge in [0.2, 0.25) is 5.91 Å². The quantitative estimate of drug-likeness (QED) is 0.304. The smallest absolute Gasteiger partial charge is 0.319 e. The molecule has 10 nitrogen and oxygen atoms in total. The summed E-state index contributed by atoms with van der Waals surface area (Å²) in [6.45, 7) is 14.6. The van der Waals surface area contributed by atoms with E-state index in [0.717, 1.165) is 28.7 Å². The Morgan fingerprint density at radius 1 is 1.23 bits per heavy atom. The van der Waals surface area contributed by atoms with Gasteiger partial charge in [-0.3, -0.25) is 14.8 Å². The van der Waals surface area contributed by atoms with Gasteiger partial charge in [0, 0.05) is 53.6 Å². The number of anilines is 1. The summed E-state index contributed by atoms with van der Waals surface area (Å²) in [6.07, 6.45) is 1.33. The number of rotatable bonds is 6. The van der Waals surface area contributed by atoms with Crippen molar-refractivity contribution in [2.24, 2.45) is 0 Å². The van der Waals surface area contributed by atoms with Gasteiger partial charge in [0.05, 0.1) is 35.5 Å². The monoisotopic (exact) mass is 621 g/mol. The van der Waals surface area contributed by atoms with Crippen molar-refractivity contribution < 1.29 is 18.7 Å². The van der Waals surface area contributed by atoms with Crippen LogP contribution in [0.3, 0.4) is 0 Å². The molecule has 2 aromatic heterocycles. The van der Waals surface area contributed by atoms with Gasteiger partial charge in [0.15, 0.2) is 5.82 Å². The number of piperazine rings is 1. The predicted octanol–water partition coefficient (Wildman–Crippen LogP) is 4.90. The highest BCUT2D eigenvalue weighted by Gasteiger charge is 2.34. The molecule has 44 heavy (non-hydrogen) atoms. The SMILES string of the molecule is C=CC(=O)N1C[C@H](C)N(c2nc(OC[C@@H]3COCCN3C)nc3c(F)c(-c4c(C)ccc5[nH]nc(C)c45)c(Cl)cc23)C[C@H]1C. The van der Waals surface area contributed by atoms with Gasteiger partial charge >= 0.3 is 6.01 Å². The van der Waals surface area contributed by atoms with E-state index >= 15 is 4.39 Å². The molecule has 2 aliphatic heterocycles. The maximum absolute atomic E-state index is 17.0. The van der Waals surface area contributed by atoms with E-state index in [-0.39, 0.29) is 52.8 Å². The third-order valence-electron chi connectivity index (χ3n) is 8.85. The van der Waals surface area contributed by atoms with Crippen molar-refractivity contribution in [3.05, 3.63) is 53.0 Å². The molecular weight excluding hydrogens is 585 g/mol. The number of hydrogen-bond donors (Lipinski definition) is 1. The summed E-state index contributed by atoms with van der Waals surface area (Å²) in [6, 6.07) is 5.40. The molecule has 12 heteroatoms. The van der Waals surface area contributed by atoms with Gasteiger partial charge in [-0.15, -0.1) is 0 Å². The van der Waals surface area contributed by atoms with E-state index in [2.05, 4.69) is 31.6 Å². The molecule has 2 aromatic carbocycles. The minimum atomic E-state index is -0.559. The Hall–Kier alpha value is -3.80. The molecule has 1 amide bonds. The van der Waals surface area contributed by atoms with Crippen LogP contribution in [0.15, 0.2) is 30.9 Å². The first-order valence-corrected chi connectivity index (χ1v) is 15.2. The number of amides is 1. The first-order valence-electron chi connectivity index (χ1n) is 14.8. The molecule has 1 N–H and O–H groups in total. The summed E-state index contributed by atoms with van der Waals surface area (Å²) in [5.41, 5.74) is 3.43. The van der Waals surface area contributed by atoms with E-state index in [1.54, 1.807) is 11.0 Å². The third kappa shape index (κ3) is 5.27. The maximum Gasteiger partial charge on any atom is 0.319 e. The van der Waals surface area contributed by atoms with Crippen molar-refractivity contribution >= 4 is 45.1 Å². The van der Waals surface area contributed by atoms with Crippen LogP contribution in [0.1, 0.15) is 25.1 Å². The molecule has 4 heterocycles. The third-order valence-corrected chi connectivity index (χ3v) is 9.15. The van der Waals surface area contributed by atoms with Crippen molar-refractivity contribution in [2.75, 3.05) is 51.4 Å². The molecule has 232 valence electrons. The van der Waals surface area contributed by atoms with E-state index in [9.17, 15) is 4.79 Å². The first-order chi connectivity index (χ1) is 21.1. The summed E-state index contributed by atoms with van der Waals surface area (Å²) < 4.78 is 28.8. The summed E-state index contributed by atoms with van der Waals surface area (Å²) in [5, 5.41) is 8.90. The number of aryl methyl sites for hydroxylation is 2. The number of carbonyl (C=O) groups is 1. The van der Waals surface area contributed by atoms with Crippen molar-refractivity contribution in [1.29, 1.82) is 0 Å². The van der Waals surface area contributed by atoms with Gasteiger partial charge in [-0.2, -0.15) is 15.1 Å². The number of H-pyrrole nitrogens is 1. The Labute approximate surface area is 260 Å². The van der Waals surface area contributed by atoms with E-state index in [0.29, 0.717) is 43.1 Å². The Kier molecular flexibility index (Phi) is 8.21. The summed E-state index contributed by atoms with van der Waals surface area (Å²) in [5.74, 6) is -0.182.